The van der Waals surface area contributed by atoms with Gasteiger partial charge in [0.2, 0.25) is 0 Å². The number of imidazole rings is 1. The number of aromatic nitrogens is 4. The van der Waals surface area contributed by atoms with Crippen molar-refractivity contribution in [3.05, 3.63) is 42.2 Å². The van der Waals surface area contributed by atoms with Crippen LogP contribution in [0.15, 0.2) is 30.9 Å². The highest BCUT2D eigenvalue weighted by atomic mass is 19.1. The van der Waals surface area contributed by atoms with Crippen molar-refractivity contribution in [2.24, 2.45) is 5.73 Å². The summed E-state index contributed by atoms with van der Waals surface area (Å²) in [6, 6.07) is 5.00. The molecule has 24 heavy (non-hydrogen) atoms. The van der Waals surface area contributed by atoms with E-state index >= 15 is 0 Å². The van der Waals surface area contributed by atoms with E-state index in [9.17, 15) is 4.39 Å². The Hall–Kier alpha value is -2.74. The van der Waals surface area contributed by atoms with E-state index < -0.39 is 0 Å². The van der Waals surface area contributed by atoms with Crippen molar-refractivity contribution in [2.75, 3.05) is 23.7 Å². The molecule has 0 aliphatic carbocycles. The number of nitrogens with two attached hydrogens (primary N) is 2. The molecular formula is C16H18FN7. The average molecular weight is 327 g/mol. The molecule has 3 aromatic rings. The lowest BCUT2D eigenvalue weighted by molar-refractivity contribution is 0.623. The molecule has 1 atom stereocenters. The zero-order chi connectivity index (χ0) is 16.7. The number of benzene rings is 1. The molecule has 0 radical (unpaired) electrons. The van der Waals surface area contributed by atoms with E-state index in [1.165, 1.54) is 12.4 Å². The van der Waals surface area contributed by atoms with Crippen molar-refractivity contribution in [1.29, 1.82) is 0 Å². The summed E-state index contributed by atoms with van der Waals surface area (Å²) >= 11 is 0. The number of nitrogen functional groups attached to an aromatic ring is 1. The molecule has 1 saturated heterocycles. The Morgan fingerprint density at radius 1 is 1.25 bits per heavy atom. The van der Waals surface area contributed by atoms with E-state index in [2.05, 4.69) is 19.9 Å². The van der Waals surface area contributed by atoms with Crippen molar-refractivity contribution in [3.8, 4) is 0 Å². The van der Waals surface area contributed by atoms with Gasteiger partial charge in [-0.25, -0.2) is 19.3 Å². The average Bonchev–Trinajstić information content (AvgIpc) is 3.16. The summed E-state index contributed by atoms with van der Waals surface area (Å²) in [5, 5.41) is 0. The zero-order valence-electron chi connectivity index (χ0n) is 13.1. The number of nitrogens with zero attached hydrogens (tertiary/aromatic N) is 5. The first-order valence-corrected chi connectivity index (χ1v) is 7.82. The second-order valence-electron chi connectivity index (χ2n) is 6.07. The van der Waals surface area contributed by atoms with Gasteiger partial charge in [0.05, 0.1) is 12.9 Å². The van der Waals surface area contributed by atoms with Gasteiger partial charge in [-0.3, -0.25) is 0 Å². The van der Waals surface area contributed by atoms with Gasteiger partial charge in [0.25, 0.3) is 0 Å². The Labute approximate surface area is 138 Å². The molecule has 0 saturated carbocycles. The van der Waals surface area contributed by atoms with Crippen LogP contribution >= 0.6 is 0 Å². The van der Waals surface area contributed by atoms with Gasteiger partial charge in [-0.05, 0) is 30.2 Å². The molecule has 1 unspecified atom stereocenters. The van der Waals surface area contributed by atoms with E-state index in [1.807, 2.05) is 10.6 Å². The molecule has 8 heteroatoms. The summed E-state index contributed by atoms with van der Waals surface area (Å²) in [5.41, 5.74) is 14.9. The normalized spacial score (nSPS) is 17.8. The summed E-state index contributed by atoms with van der Waals surface area (Å²) < 4.78 is 15.7. The Kier molecular flexibility index (Phi) is 3.53. The minimum atomic E-state index is -0.268. The fourth-order valence-electron chi connectivity index (χ4n) is 3.19. The fourth-order valence-corrected chi connectivity index (χ4v) is 3.19. The zero-order valence-corrected chi connectivity index (χ0v) is 13.1. The first-order valence-electron chi connectivity index (χ1n) is 7.82. The van der Waals surface area contributed by atoms with Crippen molar-refractivity contribution in [3.63, 3.8) is 0 Å². The van der Waals surface area contributed by atoms with E-state index in [-0.39, 0.29) is 11.9 Å². The van der Waals surface area contributed by atoms with Crippen LogP contribution in [0.3, 0.4) is 0 Å². The van der Waals surface area contributed by atoms with Crippen LogP contribution in [0.2, 0.25) is 0 Å². The van der Waals surface area contributed by atoms with Crippen molar-refractivity contribution < 1.29 is 4.39 Å². The van der Waals surface area contributed by atoms with Crippen LogP contribution in [0, 0.1) is 5.82 Å². The molecule has 7 nitrogen and oxygen atoms in total. The van der Waals surface area contributed by atoms with E-state index in [1.54, 1.807) is 12.4 Å². The topological polar surface area (TPSA) is 98.9 Å². The van der Waals surface area contributed by atoms with E-state index in [4.69, 9.17) is 11.5 Å². The number of rotatable bonds is 3. The molecule has 1 aliphatic heterocycles. The standard InChI is InChI=1S/C16H18FN7/c17-11-1-2-13(23-4-3-12(18)7-23)10(5-11)6-24-9-22-14-15(19)20-8-21-16(14)24/h1-2,5,8-9,12H,3-4,6-7,18H2,(H2,19,20,21). The van der Waals surface area contributed by atoms with Gasteiger partial charge in [-0.1, -0.05) is 0 Å². The fraction of sp³-hybridized carbons (Fsp3) is 0.312. The maximum atomic E-state index is 13.8. The maximum Gasteiger partial charge on any atom is 0.165 e. The first kappa shape index (κ1) is 14.8. The first-order chi connectivity index (χ1) is 11.6. The van der Waals surface area contributed by atoms with E-state index in [0.717, 1.165) is 30.8 Å². The summed E-state index contributed by atoms with van der Waals surface area (Å²) in [5.74, 6) is 0.0690. The second kappa shape index (κ2) is 5.72. The molecule has 3 heterocycles. The minimum absolute atomic E-state index is 0.157. The molecule has 0 spiro atoms. The van der Waals surface area contributed by atoms with Crippen molar-refractivity contribution in [1.82, 2.24) is 19.5 Å². The van der Waals surface area contributed by atoms with Crippen LogP contribution in [0.1, 0.15) is 12.0 Å². The van der Waals surface area contributed by atoms with Crippen LogP contribution in [0.25, 0.3) is 11.2 Å². The molecule has 124 valence electrons. The van der Waals surface area contributed by atoms with Gasteiger partial charge >= 0.3 is 0 Å². The number of hydrogen-bond donors (Lipinski definition) is 2. The summed E-state index contributed by atoms with van der Waals surface area (Å²) in [6.07, 6.45) is 4.00. The largest absolute Gasteiger partial charge is 0.382 e. The molecule has 0 amide bonds. The Morgan fingerprint density at radius 3 is 2.92 bits per heavy atom. The van der Waals surface area contributed by atoms with Crippen LogP contribution < -0.4 is 16.4 Å². The molecule has 4 N–H and O–H groups in total. The summed E-state index contributed by atoms with van der Waals surface area (Å²) in [6.45, 7) is 2.10. The van der Waals surface area contributed by atoms with Crippen LogP contribution in [0.5, 0.6) is 0 Å². The lowest BCUT2D eigenvalue weighted by atomic mass is 10.1. The van der Waals surface area contributed by atoms with Crippen LogP contribution in [0.4, 0.5) is 15.9 Å². The predicted molar refractivity (Wildman–Crippen MR) is 90.0 cm³/mol. The third-order valence-corrected chi connectivity index (χ3v) is 4.38. The molecule has 2 aromatic heterocycles. The van der Waals surface area contributed by atoms with Gasteiger partial charge in [-0.15, -0.1) is 0 Å². The smallest absolute Gasteiger partial charge is 0.165 e. The second-order valence-corrected chi connectivity index (χ2v) is 6.07. The molecule has 4 rings (SSSR count). The lowest BCUT2D eigenvalue weighted by Gasteiger charge is -2.22. The lowest BCUT2D eigenvalue weighted by Crippen LogP contribution is -2.27. The number of hydrogen-bond acceptors (Lipinski definition) is 6. The van der Waals surface area contributed by atoms with Gasteiger partial charge in [0.15, 0.2) is 11.5 Å². The number of fused-ring (bicyclic) bond motifs is 1. The highest BCUT2D eigenvalue weighted by molar-refractivity contribution is 5.81. The molecular weight excluding hydrogens is 309 g/mol. The Balaban J connectivity index is 1.73. The molecule has 0 bridgehead atoms. The third kappa shape index (κ3) is 2.54. The van der Waals surface area contributed by atoms with E-state index in [0.29, 0.717) is 23.5 Å². The van der Waals surface area contributed by atoms with Crippen LogP contribution in [-0.2, 0) is 6.54 Å². The maximum absolute atomic E-state index is 13.8. The molecule has 1 aromatic carbocycles. The number of halogens is 1. The summed E-state index contributed by atoms with van der Waals surface area (Å²) in [7, 11) is 0. The highest BCUT2D eigenvalue weighted by Gasteiger charge is 2.22. The van der Waals surface area contributed by atoms with Gasteiger partial charge in [-0.2, -0.15) is 0 Å². The molecule has 1 aliphatic rings. The Morgan fingerprint density at radius 2 is 2.12 bits per heavy atom. The highest BCUT2D eigenvalue weighted by Crippen LogP contribution is 2.27. The SMILES string of the molecule is Nc1ncnc2c1ncn2Cc1cc(F)ccc1N1CCC(N)C1. The summed E-state index contributed by atoms with van der Waals surface area (Å²) in [4.78, 5) is 14.6. The van der Waals surface area contributed by atoms with Crippen LogP contribution in [-0.4, -0.2) is 38.7 Å². The van der Waals surface area contributed by atoms with Gasteiger partial charge in [0.1, 0.15) is 17.7 Å². The Bertz CT molecular complexity index is 891. The third-order valence-electron chi connectivity index (χ3n) is 4.38. The van der Waals surface area contributed by atoms with Crippen molar-refractivity contribution in [2.45, 2.75) is 19.0 Å². The quantitative estimate of drug-likeness (QED) is 0.748. The van der Waals surface area contributed by atoms with Gasteiger partial charge < -0.3 is 20.9 Å². The van der Waals surface area contributed by atoms with Crippen molar-refractivity contribution >= 4 is 22.7 Å². The monoisotopic (exact) mass is 327 g/mol. The minimum Gasteiger partial charge on any atom is -0.382 e. The number of anilines is 2. The predicted octanol–water partition coefficient (Wildman–Crippen LogP) is 1.13. The van der Waals surface area contributed by atoms with Gasteiger partial charge in [0, 0.05) is 24.8 Å². The molecule has 1 fully saturated rings.